The molecule has 3 aromatic rings. The smallest absolute Gasteiger partial charge is 0.253 e. The molecule has 7 nitrogen and oxygen atoms in total. The van der Waals surface area contributed by atoms with Crippen LogP contribution in [0.1, 0.15) is 15.9 Å². The van der Waals surface area contributed by atoms with Gasteiger partial charge >= 0.3 is 0 Å². The third-order valence-corrected chi connectivity index (χ3v) is 5.57. The largest absolute Gasteiger partial charge is 0.355 e. The van der Waals surface area contributed by atoms with Crippen molar-refractivity contribution in [2.24, 2.45) is 0 Å². The topological polar surface area (TPSA) is 97.6 Å². The lowest BCUT2D eigenvalue weighted by molar-refractivity contribution is 0.0959. The molecule has 4 rings (SSSR count). The highest BCUT2D eigenvalue weighted by molar-refractivity contribution is 8.00. The summed E-state index contributed by atoms with van der Waals surface area (Å²) in [5, 5.41) is 23.3. The first-order chi connectivity index (χ1) is 14.4. The fraction of sp³-hybridized carbons (Fsp3) is 0.143. The van der Waals surface area contributed by atoms with Crippen LogP contribution in [0.4, 0.5) is 15.8 Å². The second-order valence-electron chi connectivity index (χ2n) is 6.71. The number of benzene rings is 2. The van der Waals surface area contributed by atoms with Gasteiger partial charge in [0.2, 0.25) is 0 Å². The van der Waals surface area contributed by atoms with Crippen LogP contribution in [0, 0.1) is 16.6 Å². The van der Waals surface area contributed by atoms with Gasteiger partial charge in [-0.3, -0.25) is 19.9 Å². The molecule has 9 heteroatoms. The number of nitrogens with one attached hydrogen (secondary N) is 3. The summed E-state index contributed by atoms with van der Waals surface area (Å²) in [6.45, 7) is 0. The summed E-state index contributed by atoms with van der Waals surface area (Å²) in [6.07, 6.45) is 2.32. The molecule has 1 amide bonds. The number of hydrogen-bond acceptors (Lipinski definition) is 6. The van der Waals surface area contributed by atoms with Crippen molar-refractivity contribution in [3.8, 4) is 11.3 Å². The van der Waals surface area contributed by atoms with E-state index in [2.05, 4.69) is 14.7 Å². The van der Waals surface area contributed by atoms with Crippen LogP contribution in [0.2, 0.25) is 0 Å². The van der Waals surface area contributed by atoms with Gasteiger partial charge in [0.05, 0.1) is 22.6 Å². The Morgan fingerprint density at radius 2 is 1.97 bits per heavy atom. The molecule has 1 aliphatic rings. The molecule has 0 saturated carbocycles. The van der Waals surface area contributed by atoms with Crippen LogP contribution in [-0.4, -0.2) is 34.8 Å². The SMILES string of the molecule is CNC(=O)c1ccc(-c2ccc(=N)n(C(=N)Cc3ccc4c(c3)N4SC)n2)cc1F. The van der Waals surface area contributed by atoms with E-state index in [0.29, 0.717) is 17.7 Å². The molecule has 3 N–H and O–H groups in total. The summed E-state index contributed by atoms with van der Waals surface area (Å²) in [4.78, 5) is 11.7. The number of carbonyl (C=O) groups is 1. The fourth-order valence-corrected chi connectivity index (χ4v) is 3.87. The average molecular weight is 422 g/mol. The van der Waals surface area contributed by atoms with E-state index in [9.17, 15) is 9.18 Å². The van der Waals surface area contributed by atoms with Gasteiger partial charge in [-0.05, 0) is 53.9 Å². The van der Waals surface area contributed by atoms with Gasteiger partial charge in [-0.25, -0.2) is 9.07 Å². The lowest BCUT2D eigenvalue weighted by Crippen LogP contribution is -2.30. The number of hydrogen-bond donors (Lipinski definition) is 3. The number of carbonyl (C=O) groups excluding carboxylic acids is 1. The minimum atomic E-state index is -0.658. The Bertz CT molecular complexity index is 1240. The van der Waals surface area contributed by atoms with E-state index in [1.54, 1.807) is 24.1 Å². The normalized spacial score (nSPS) is 11.8. The van der Waals surface area contributed by atoms with Crippen LogP contribution in [0.5, 0.6) is 0 Å². The first kappa shape index (κ1) is 19.8. The van der Waals surface area contributed by atoms with E-state index in [4.69, 9.17) is 10.8 Å². The van der Waals surface area contributed by atoms with Gasteiger partial charge in [0, 0.05) is 25.3 Å². The molecular formula is C21H19FN6OS. The first-order valence-electron chi connectivity index (χ1n) is 9.15. The number of fused-ring (bicyclic) bond motifs is 1. The third-order valence-electron chi connectivity index (χ3n) is 4.81. The van der Waals surface area contributed by atoms with Crippen molar-refractivity contribution >= 4 is 35.1 Å². The zero-order valence-corrected chi connectivity index (χ0v) is 17.2. The number of amides is 1. The molecule has 0 saturated heterocycles. The van der Waals surface area contributed by atoms with Crippen LogP contribution < -0.4 is 15.1 Å². The molecule has 0 fully saturated rings. The van der Waals surface area contributed by atoms with Crippen LogP contribution in [0.15, 0.2) is 48.5 Å². The Kier molecular flexibility index (Phi) is 5.13. The maximum atomic E-state index is 14.3. The van der Waals surface area contributed by atoms with Gasteiger partial charge in [0.15, 0.2) is 0 Å². The molecular weight excluding hydrogens is 403 g/mol. The highest BCUT2D eigenvalue weighted by atomic mass is 32.2. The lowest BCUT2D eigenvalue weighted by Gasteiger charge is -2.10. The number of aromatic nitrogens is 2. The minimum Gasteiger partial charge on any atom is -0.355 e. The minimum absolute atomic E-state index is 0.0527. The molecule has 1 aliphatic heterocycles. The van der Waals surface area contributed by atoms with Crippen molar-refractivity contribution in [3.63, 3.8) is 0 Å². The maximum absolute atomic E-state index is 14.3. The van der Waals surface area contributed by atoms with E-state index in [1.807, 2.05) is 24.5 Å². The maximum Gasteiger partial charge on any atom is 0.253 e. The third kappa shape index (κ3) is 3.59. The molecule has 2 aromatic carbocycles. The van der Waals surface area contributed by atoms with E-state index in [-0.39, 0.29) is 16.9 Å². The monoisotopic (exact) mass is 422 g/mol. The Hall–Kier alpha value is -3.46. The number of rotatable bonds is 5. The van der Waals surface area contributed by atoms with Gasteiger partial charge in [-0.1, -0.05) is 12.1 Å². The molecule has 2 heterocycles. The molecule has 0 spiro atoms. The standard InChI is InChI=1S/C21H19FN6OS/c1-25-21(29)14-5-4-13(11-15(14)22)16-6-8-19(23)27(26-16)20(24)10-12-3-7-17-18(9-12)28(17)30-2/h3-9,11,23-24H,10H2,1-2H3,(H,25,29). The Morgan fingerprint density at radius 3 is 2.67 bits per heavy atom. The van der Waals surface area contributed by atoms with Crippen molar-refractivity contribution in [2.45, 2.75) is 6.42 Å². The van der Waals surface area contributed by atoms with E-state index in [0.717, 1.165) is 11.3 Å². The highest BCUT2D eigenvalue weighted by Gasteiger charge is 2.28. The first-order valence-corrected chi connectivity index (χ1v) is 10.3. The molecule has 0 atom stereocenters. The molecule has 0 bridgehead atoms. The summed E-state index contributed by atoms with van der Waals surface area (Å²) in [5.41, 5.74) is 4.14. The predicted octanol–water partition coefficient (Wildman–Crippen LogP) is 3.33. The van der Waals surface area contributed by atoms with Crippen molar-refractivity contribution in [1.29, 1.82) is 10.8 Å². The number of anilines is 2. The number of halogens is 1. The van der Waals surface area contributed by atoms with E-state index < -0.39 is 11.7 Å². The summed E-state index contributed by atoms with van der Waals surface area (Å²) in [7, 11) is 1.44. The highest BCUT2D eigenvalue weighted by Crippen LogP contribution is 2.52. The van der Waals surface area contributed by atoms with Crippen molar-refractivity contribution in [2.75, 3.05) is 17.6 Å². The summed E-state index contributed by atoms with van der Waals surface area (Å²) in [5.74, 6) is -1.02. The molecule has 0 radical (unpaired) electrons. The lowest BCUT2D eigenvalue weighted by atomic mass is 10.1. The van der Waals surface area contributed by atoms with Gasteiger partial charge in [0.25, 0.3) is 5.91 Å². The van der Waals surface area contributed by atoms with Crippen LogP contribution in [0.3, 0.4) is 0 Å². The van der Waals surface area contributed by atoms with Gasteiger partial charge < -0.3 is 5.32 Å². The molecule has 0 aliphatic carbocycles. The van der Waals surface area contributed by atoms with E-state index >= 15 is 0 Å². The van der Waals surface area contributed by atoms with Crippen LogP contribution in [-0.2, 0) is 6.42 Å². The zero-order valence-electron chi connectivity index (χ0n) is 16.4. The molecule has 0 unspecified atom stereocenters. The quantitative estimate of drug-likeness (QED) is 0.254. The molecule has 30 heavy (non-hydrogen) atoms. The average Bonchev–Trinajstić information content (AvgIpc) is 3.45. The van der Waals surface area contributed by atoms with Gasteiger partial charge in [-0.2, -0.15) is 5.10 Å². The van der Waals surface area contributed by atoms with Crippen LogP contribution in [0.25, 0.3) is 11.3 Å². The number of nitrogens with zero attached hydrogens (tertiary/aromatic N) is 3. The summed E-state index contributed by atoms with van der Waals surface area (Å²) < 4.78 is 17.7. The van der Waals surface area contributed by atoms with Crippen molar-refractivity contribution in [1.82, 2.24) is 15.1 Å². The summed E-state index contributed by atoms with van der Waals surface area (Å²) in [6, 6.07) is 13.3. The second kappa shape index (κ2) is 7.75. The van der Waals surface area contributed by atoms with Crippen molar-refractivity contribution in [3.05, 3.63) is 71.0 Å². The molecule has 152 valence electrons. The predicted molar refractivity (Wildman–Crippen MR) is 116 cm³/mol. The summed E-state index contributed by atoms with van der Waals surface area (Å²) >= 11 is 1.63. The Labute approximate surface area is 176 Å². The van der Waals surface area contributed by atoms with Gasteiger partial charge in [0.1, 0.15) is 17.1 Å². The second-order valence-corrected chi connectivity index (χ2v) is 7.44. The Balaban J connectivity index is 1.60. The molecule has 1 aromatic heterocycles. The Morgan fingerprint density at radius 1 is 1.17 bits per heavy atom. The van der Waals surface area contributed by atoms with Crippen molar-refractivity contribution < 1.29 is 9.18 Å². The van der Waals surface area contributed by atoms with E-state index in [1.165, 1.54) is 35.6 Å². The fourth-order valence-electron chi connectivity index (χ4n) is 3.22. The zero-order chi connectivity index (χ0) is 21.4. The van der Waals surface area contributed by atoms with Crippen LogP contribution >= 0.6 is 11.9 Å². The van der Waals surface area contributed by atoms with Gasteiger partial charge in [-0.15, -0.1) is 0 Å².